The summed E-state index contributed by atoms with van der Waals surface area (Å²) in [5, 5.41) is 6.54. The van der Waals surface area contributed by atoms with E-state index in [0.717, 1.165) is 18.7 Å². The van der Waals surface area contributed by atoms with Gasteiger partial charge in [-0.2, -0.15) is 0 Å². The van der Waals surface area contributed by atoms with Crippen molar-refractivity contribution in [3.63, 3.8) is 0 Å². The molecule has 27 heavy (non-hydrogen) atoms. The highest BCUT2D eigenvalue weighted by Crippen LogP contribution is 2.46. The summed E-state index contributed by atoms with van der Waals surface area (Å²) in [4.78, 5) is 0. The number of para-hydroxylation sites is 1. The van der Waals surface area contributed by atoms with Crippen LogP contribution in [0.25, 0.3) is 10.8 Å². The van der Waals surface area contributed by atoms with E-state index in [9.17, 15) is 0 Å². The van der Waals surface area contributed by atoms with Crippen molar-refractivity contribution in [1.29, 1.82) is 0 Å². The molecule has 1 spiro atoms. The third-order valence-electron chi connectivity index (χ3n) is 6.38. The zero-order chi connectivity index (χ0) is 18.1. The van der Waals surface area contributed by atoms with Crippen molar-refractivity contribution in [3.05, 3.63) is 77.9 Å². The van der Waals surface area contributed by atoms with E-state index in [4.69, 9.17) is 4.74 Å². The average Bonchev–Trinajstić information content (AvgIpc) is 2.72. The minimum Gasteiger partial charge on any atom is -0.487 e. The van der Waals surface area contributed by atoms with Crippen molar-refractivity contribution in [2.24, 2.45) is 0 Å². The number of nitrogens with one attached hydrogen (secondary N) is 1. The second-order valence-electron chi connectivity index (χ2n) is 8.16. The second kappa shape index (κ2) is 7.01. The summed E-state index contributed by atoms with van der Waals surface area (Å²) in [5.41, 5.74) is 2.71. The Kier molecular flexibility index (Phi) is 4.37. The molecule has 1 heterocycles. The second-order valence-corrected chi connectivity index (χ2v) is 8.16. The fourth-order valence-electron chi connectivity index (χ4n) is 4.98. The van der Waals surface area contributed by atoms with E-state index in [-0.39, 0.29) is 5.60 Å². The fourth-order valence-corrected chi connectivity index (χ4v) is 4.98. The molecule has 1 aliphatic heterocycles. The lowest BCUT2D eigenvalue weighted by Crippen LogP contribution is -2.45. The lowest BCUT2D eigenvalue weighted by Gasteiger charge is -2.44. The molecule has 3 aromatic rings. The van der Waals surface area contributed by atoms with Crippen molar-refractivity contribution >= 4 is 10.8 Å². The van der Waals surface area contributed by atoms with Crippen molar-refractivity contribution < 1.29 is 4.74 Å². The van der Waals surface area contributed by atoms with Gasteiger partial charge in [0.1, 0.15) is 11.4 Å². The van der Waals surface area contributed by atoms with E-state index in [1.54, 1.807) is 0 Å². The van der Waals surface area contributed by atoms with Gasteiger partial charge in [-0.05, 0) is 48.1 Å². The number of rotatable bonds is 3. The van der Waals surface area contributed by atoms with Gasteiger partial charge in [0, 0.05) is 24.6 Å². The standard InChI is InChI=1S/C25H27NO/c1-6-15-25(16-7-1)17-23(22-13-4-5-14-24(22)27-25)26-18-20-11-8-10-19-9-2-3-12-21(19)20/h2-5,8-14,23,26H,1,6-7,15-18H2. The van der Waals surface area contributed by atoms with Crippen LogP contribution in [-0.4, -0.2) is 5.60 Å². The van der Waals surface area contributed by atoms with Gasteiger partial charge >= 0.3 is 0 Å². The molecule has 0 bridgehead atoms. The van der Waals surface area contributed by atoms with Crippen molar-refractivity contribution in [3.8, 4) is 5.75 Å². The SMILES string of the molecule is c1ccc2c(c1)OC1(CCCCC1)CC2NCc1cccc2ccccc12. The summed E-state index contributed by atoms with van der Waals surface area (Å²) >= 11 is 0. The van der Waals surface area contributed by atoms with Gasteiger partial charge in [-0.15, -0.1) is 0 Å². The Labute approximate surface area is 161 Å². The van der Waals surface area contributed by atoms with Crippen LogP contribution in [0.4, 0.5) is 0 Å². The molecule has 1 atom stereocenters. The molecule has 5 rings (SSSR count). The molecule has 0 aromatic heterocycles. The first-order chi connectivity index (χ1) is 13.3. The van der Waals surface area contributed by atoms with E-state index in [0.29, 0.717) is 6.04 Å². The van der Waals surface area contributed by atoms with Crippen LogP contribution in [0.5, 0.6) is 5.75 Å². The van der Waals surface area contributed by atoms with Crippen LogP contribution >= 0.6 is 0 Å². The molecule has 1 N–H and O–H groups in total. The summed E-state index contributed by atoms with van der Waals surface area (Å²) in [6, 6.07) is 24.2. The van der Waals surface area contributed by atoms with Crippen LogP contribution in [0.1, 0.15) is 55.7 Å². The maximum absolute atomic E-state index is 6.57. The Morgan fingerprint density at radius 3 is 2.56 bits per heavy atom. The van der Waals surface area contributed by atoms with E-state index in [1.165, 1.54) is 54.0 Å². The molecule has 138 valence electrons. The Morgan fingerprint density at radius 1 is 0.852 bits per heavy atom. The maximum Gasteiger partial charge on any atom is 0.124 e. The molecule has 0 amide bonds. The van der Waals surface area contributed by atoms with Crippen LogP contribution in [0.3, 0.4) is 0 Å². The van der Waals surface area contributed by atoms with Gasteiger partial charge in [-0.1, -0.05) is 67.1 Å². The summed E-state index contributed by atoms with van der Waals surface area (Å²) < 4.78 is 6.57. The molecule has 0 radical (unpaired) electrons. The van der Waals surface area contributed by atoms with Crippen LogP contribution in [0, 0.1) is 0 Å². The quantitative estimate of drug-likeness (QED) is 0.606. The van der Waals surface area contributed by atoms with E-state index < -0.39 is 0 Å². The number of ether oxygens (including phenoxy) is 1. The van der Waals surface area contributed by atoms with Crippen molar-refractivity contribution in [2.45, 2.75) is 56.7 Å². The van der Waals surface area contributed by atoms with Gasteiger partial charge < -0.3 is 10.1 Å². The summed E-state index contributed by atoms with van der Waals surface area (Å²) in [6.07, 6.45) is 7.38. The summed E-state index contributed by atoms with van der Waals surface area (Å²) in [7, 11) is 0. The van der Waals surface area contributed by atoms with Gasteiger partial charge in [0.25, 0.3) is 0 Å². The zero-order valence-electron chi connectivity index (χ0n) is 15.8. The first-order valence-corrected chi connectivity index (χ1v) is 10.3. The lowest BCUT2D eigenvalue weighted by molar-refractivity contribution is -0.00288. The normalized spacial score (nSPS) is 21.0. The Balaban J connectivity index is 1.43. The first-order valence-electron chi connectivity index (χ1n) is 10.3. The number of fused-ring (bicyclic) bond motifs is 2. The molecule has 2 heteroatoms. The van der Waals surface area contributed by atoms with Crippen molar-refractivity contribution in [1.82, 2.24) is 5.32 Å². The van der Waals surface area contributed by atoms with Gasteiger partial charge in [0.05, 0.1) is 0 Å². The lowest BCUT2D eigenvalue weighted by atomic mass is 9.77. The monoisotopic (exact) mass is 357 g/mol. The van der Waals surface area contributed by atoms with Crippen LogP contribution in [0.2, 0.25) is 0 Å². The Hall–Kier alpha value is -2.32. The topological polar surface area (TPSA) is 21.3 Å². The van der Waals surface area contributed by atoms with Crippen LogP contribution in [0.15, 0.2) is 66.7 Å². The van der Waals surface area contributed by atoms with Gasteiger partial charge in [-0.25, -0.2) is 0 Å². The summed E-state index contributed by atoms with van der Waals surface area (Å²) in [6.45, 7) is 0.885. The Bertz CT molecular complexity index is 936. The highest BCUT2D eigenvalue weighted by Gasteiger charge is 2.41. The van der Waals surface area contributed by atoms with Crippen LogP contribution < -0.4 is 10.1 Å². The molecule has 2 aliphatic rings. The molecule has 2 nitrogen and oxygen atoms in total. The number of benzene rings is 3. The number of hydrogen-bond donors (Lipinski definition) is 1. The maximum atomic E-state index is 6.57. The third kappa shape index (κ3) is 3.23. The molecule has 1 saturated carbocycles. The van der Waals surface area contributed by atoms with E-state index >= 15 is 0 Å². The van der Waals surface area contributed by atoms with E-state index in [1.807, 2.05) is 0 Å². The molecule has 1 fully saturated rings. The predicted octanol–water partition coefficient (Wildman–Crippen LogP) is 6.16. The van der Waals surface area contributed by atoms with Crippen molar-refractivity contribution in [2.75, 3.05) is 0 Å². The zero-order valence-corrected chi connectivity index (χ0v) is 15.8. The smallest absolute Gasteiger partial charge is 0.124 e. The van der Waals surface area contributed by atoms with E-state index in [2.05, 4.69) is 72.0 Å². The van der Waals surface area contributed by atoms with Gasteiger partial charge in [0.15, 0.2) is 0 Å². The number of hydrogen-bond acceptors (Lipinski definition) is 2. The third-order valence-corrected chi connectivity index (χ3v) is 6.38. The largest absolute Gasteiger partial charge is 0.487 e. The molecular formula is C25H27NO. The highest BCUT2D eigenvalue weighted by molar-refractivity contribution is 5.85. The summed E-state index contributed by atoms with van der Waals surface area (Å²) in [5.74, 6) is 1.08. The molecule has 3 aromatic carbocycles. The minimum absolute atomic E-state index is 0.0308. The van der Waals surface area contributed by atoms with Crippen LogP contribution in [-0.2, 0) is 6.54 Å². The van der Waals surface area contributed by atoms with Gasteiger partial charge in [-0.3, -0.25) is 0 Å². The fraction of sp³-hybridized carbons (Fsp3) is 0.360. The Morgan fingerprint density at radius 2 is 1.63 bits per heavy atom. The first kappa shape index (κ1) is 16.8. The predicted molar refractivity (Wildman–Crippen MR) is 111 cm³/mol. The minimum atomic E-state index is 0.0308. The molecular weight excluding hydrogens is 330 g/mol. The average molecular weight is 357 g/mol. The molecule has 1 aliphatic carbocycles. The highest BCUT2D eigenvalue weighted by atomic mass is 16.5. The van der Waals surface area contributed by atoms with Gasteiger partial charge in [0.2, 0.25) is 0 Å². The molecule has 1 unspecified atom stereocenters. The molecule has 0 saturated heterocycles.